The van der Waals surface area contributed by atoms with Crippen LogP contribution in [0.5, 0.6) is 0 Å². The van der Waals surface area contributed by atoms with E-state index in [1.54, 1.807) is 4.90 Å². The van der Waals surface area contributed by atoms with Crippen LogP contribution in [0.3, 0.4) is 0 Å². The van der Waals surface area contributed by atoms with Crippen molar-refractivity contribution < 1.29 is 18.3 Å². The van der Waals surface area contributed by atoms with Gasteiger partial charge in [-0.05, 0) is 77.2 Å². The summed E-state index contributed by atoms with van der Waals surface area (Å²) in [5, 5.41) is 0. The average molecular weight is 635 g/mol. The highest BCUT2D eigenvalue weighted by molar-refractivity contribution is 6.20. The molecule has 8 heteroatoms. The number of benzene rings is 1. The largest absolute Gasteiger partial charge is 0.443 e. The summed E-state index contributed by atoms with van der Waals surface area (Å²) in [4.78, 5) is 27.0. The summed E-state index contributed by atoms with van der Waals surface area (Å²) >= 11 is 0. The normalized spacial score (nSPS) is 20.2. The Bertz CT molecular complexity index is 1420. The fourth-order valence-corrected chi connectivity index (χ4v) is 6.20. The molecule has 46 heavy (non-hydrogen) atoms. The van der Waals surface area contributed by atoms with E-state index in [4.69, 9.17) is 14.7 Å². The van der Waals surface area contributed by atoms with E-state index in [1.807, 2.05) is 40.0 Å². The van der Waals surface area contributed by atoms with Crippen LogP contribution >= 0.6 is 0 Å². The third-order valence-corrected chi connectivity index (χ3v) is 8.82. The molecule has 0 N–H and O–H groups in total. The van der Waals surface area contributed by atoms with E-state index in [0.29, 0.717) is 43.9 Å². The molecule has 1 aromatic rings. The Hall–Kier alpha value is -3.81. The van der Waals surface area contributed by atoms with Crippen LogP contribution in [-0.4, -0.2) is 65.6 Å². The van der Waals surface area contributed by atoms with Crippen molar-refractivity contribution >= 4 is 23.1 Å². The molecule has 0 saturated carbocycles. The van der Waals surface area contributed by atoms with Gasteiger partial charge in [-0.15, -0.1) is 6.58 Å². The Morgan fingerprint density at radius 2 is 1.76 bits per heavy atom. The summed E-state index contributed by atoms with van der Waals surface area (Å²) < 4.78 is 34.3. The number of carbonyl (C=O) groups excluding carboxylic acids is 1. The van der Waals surface area contributed by atoms with Crippen molar-refractivity contribution in [1.29, 1.82) is 0 Å². The molecule has 0 spiro atoms. The topological polar surface area (TPSA) is 57.5 Å². The molecular weight excluding hydrogens is 582 g/mol. The van der Waals surface area contributed by atoms with Gasteiger partial charge >= 0.3 is 6.09 Å². The van der Waals surface area contributed by atoms with Crippen molar-refractivity contribution in [1.82, 2.24) is 9.80 Å². The number of hydrogen-bond acceptors (Lipinski definition) is 5. The second-order valence-corrected chi connectivity index (χ2v) is 12.9. The number of amides is 1. The molecule has 1 aromatic carbocycles. The van der Waals surface area contributed by atoms with Crippen LogP contribution in [0.1, 0.15) is 86.1 Å². The van der Waals surface area contributed by atoms with Gasteiger partial charge < -0.3 is 14.5 Å². The first kappa shape index (κ1) is 36.7. The fraction of sp³-hybridized carbons (Fsp3) is 0.500. The first-order chi connectivity index (χ1) is 21.8. The molecule has 6 nitrogen and oxygen atoms in total. The monoisotopic (exact) mass is 634 g/mol. The fourth-order valence-electron chi connectivity index (χ4n) is 6.20. The molecule has 0 aliphatic carbocycles. The number of halogens is 2. The lowest BCUT2D eigenvalue weighted by molar-refractivity contribution is 0.00157. The van der Waals surface area contributed by atoms with Gasteiger partial charge in [-0.3, -0.25) is 9.98 Å². The highest BCUT2D eigenvalue weighted by Crippen LogP contribution is 2.37. The number of nitrogens with zero attached hydrogens (tertiary/aromatic N) is 4. The van der Waals surface area contributed by atoms with Crippen LogP contribution in [0.2, 0.25) is 0 Å². The van der Waals surface area contributed by atoms with Gasteiger partial charge in [0.2, 0.25) is 0 Å². The maximum atomic E-state index is 14.2. The van der Waals surface area contributed by atoms with E-state index < -0.39 is 22.7 Å². The maximum Gasteiger partial charge on any atom is 0.410 e. The molecule has 1 unspecified atom stereocenters. The Kier molecular flexibility index (Phi) is 12.9. The molecule has 2 aliphatic rings. The average Bonchev–Trinajstić information content (AvgIpc) is 3.20. The van der Waals surface area contributed by atoms with Crippen LogP contribution in [0, 0.1) is 17.0 Å². The van der Waals surface area contributed by atoms with Gasteiger partial charge in [-0.1, -0.05) is 45.1 Å². The maximum absolute atomic E-state index is 14.2. The van der Waals surface area contributed by atoms with Crippen molar-refractivity contribution in [2.45, 2.75) is 86.2 Å². The van der Waals surface area contributed by atoms with Gasteiger partial charge in [0.15, 0.2) is 0 Å². The Morgan fingerprint density at radius 3 is 2.33 bits per heavy atom. The molecule has 1 amide bonds. The van der Waals surface area contributed by atoms with Crippen molar-refractivity contribution in [2.24, 2.45) is 15.4 Å². The van der Waals surface area contributed by atoms with Gasteiger partial charge in [0.1, 0.15) is 17.2 Å². The molecule has 0 aromatic heterocycles. The van der Waals surface area contributed by atoms with E-state index in [1.165, 1.54) is 12.1 Å². The Labute approximate surface area is 275 Å². The molecule has 2 aliphatic heterocycles. The number of carbonyl (C=O) groups is 1. The number of piperazine rings is 1. The van der Waals surface area contributed by atoms with E-state index in [-0.39, 0.29) is 12.5 Å². The lowest BCUT2D eigenvalue weighted by Gasteiger charge is -2.39. The third-order valence-electron chi connectivity index (χ3n) is 8.82. The third kappa shape index (κ3) is 9.14. The standard InChI is InChI=1S/C38H52F2N4O2/c1-10-16-37(7,8)46-36(45)44-21-19-43(20-22-44)28(6)34(32(11-2)35-38(9,12-3)17-14-15-18-42-35)33(41-13-4)23-27(5)29-24-30(39)26-31(40)25-29/h11-12,15,18,24-26H,3,5,10,13-14,16-17,19-23H2,1-2,4,6-9H3/b32-11+,34-28+,41-33?. The zero-order chi connectivity index (χ0) is 34.1. The minimum Gasteiger partial charge on any atom is -0.443 e. The van der Waals surface area contributed by atoms with Gasteiger partial charge in [0.25, 0.3) is 0 Å². The van der Waals surface area contributed by atoms with Crippen molar-refractivity contribution in [3.8, 4) is 0 Å². The van der Waals surface area contributed by atoms with Crippen LogP contribution in [0.4, 0.5) is 13.6 Å². The number of allylic oxidation sites excluding steroid dienone is 7. The predicted octanol–water partition coefficient (Wildman–Crippen LogP) is 9.32. The van der Waals surface area contributed by atoms with Gasteiger partial charge in [-0.25, -0.2) is 13.6 Å². The second-order valence-electron chi connectivity index (χ2n) is 12.9. The summed E-state index contributed by atoms with van der Waals surface area (Å²) in [6.45, 7) is 25.3. The van der Waals surface area contributed by atoms with Gasteiger partial charge in [0, 0.05) is 79.4 Å². The van der Waals surface area contributed by atoms with Crippen molar-refractivity contribution in [3.63, 3.8) is 0 Å². The highest BCUT2D eigenvalue weighted by Gasteiger charge is 2.35. The molecule has 0 bridgehead atoms. The van der Waals surface area contributed by atoms with Crippen LogP contribution in [0.15, 0.2) is 82.6 Å². The molecule has 0 radical (unpaired) electrons. The van der Waals surface area contributed by atoms with E-state index in [2.05, 4.69) is 51.0 Å². The minimum absolute atomic E-state index is 0.285. The van der Waals surface area contributed by atoms with Crippen LogP contribution in [-0.2, 0) is 4.74 Å². The summed E-state index contributed by atoms with van der Waals surface area (Å²) in [6.07, 6.45) is 11.4. The Morgan fingerprint density at radius 1 is 1.13 bits per heavy atom. The zero-order valence-corrected chi connectivity index (χ0v) is 28.9. The summed E-state index contributed by atoms with van der Waals surface area (Å²) in [5.74, 6) is -1.30. The van der Waals surface area contributed by atoms with Gasteiger partial charge in [-0.2, -0.15) is 0 Å². The molecular formula is C38H52F2N4O2. The van der Waals surface area contributed by atoms with Crippen molar-refractivity contribution in [2.75, 3.05) is 32.7 Å². The van der Waals surface area contributed by atoms with Crippen molar-refractivity contribution in [3.05, 3.63) is 89.8 Å². The SMILES string of the molecule is C=CC1(C)CCC=CN=C1C(=C/C)/C(C(CC(=C)c1cc(F)cc(F)c1)=NCC)=C(/C)N1CCN(C(=O)OC(C)(C)CCC)CC1. The highest BCUT2D eigenvalue weighted by atomic mass is 19.1. The van der Waals surface area contributed by atoms with Crippen LogP contribution in [0.25, 0.3) is 5.57 Å². The van der Waals surface area contributed by atoms with Crippen LogP contribution < -0.4 is 0 Å². The second kappa shape index (κ2) is 16.1. The minimum atomic E-state index is -0.651. The number of ether oxygens (including phenoxy) is 1. The number of rotatable bonds is 12. The number of aliphatic imine (C=N–C) groups is 2. The van der Waals surface area contributed by atoms with E-state index in [0.717, 1.165) is 60.0 Å². The molecule has 1 fully saturated rings. The number of hydrogen-bond donors (Lipinski definition) is 0. The van der Waals surface area contributed by atoms with E-state index in [9.17, 15) is 13.6 Å². The first-order valence-corrected chi connectivity index (χ1v) is 16.4. The molecule has 1 saturated heterocycles. The molecule has 250 valence electrons. The molecule has 1 atom stereocenters. The molecule has 3 rings (SSSR count). The smallest absolute Gasteiger partial charge is 0.410 e. The Balaban J connectivity index is 2.07. The zero-order valence-electron chi connectivity index (χ0n) is 28.9. The predicted molar refractivity (Wildman–Crippen MR) is 187 cm³/mol. The van der Waals surface area contributed by atoms with Gasteiger partial charge in [0.05, 0.1) is 5.71 Å². The first-order valence-electron chi connectivity index (χ1n) is 16.4. The summed E-state index contributed by atoms with van der Waals surface area (Å²) in [6, 6.07) is 3.47. The summed E-state index contributed by atoms with van der Waals surface area (Å²) in [5.41, 5.74) is 4.51. The quantitative estimate of drug-likeness (QED) is 0.131. The summed E-state index contributed by atoms with van der Waals surface area (Å²) in [7, 11) is 0. The van der Waals surface area contributed by atoms with E-state index >= 15 is 0 Å². The molecule has 2 heterocycles. The lowest BCUT2D eigenvalue weighted by atomic mass is 9.74. The lowest BCUT2D eigenvalue weighted by Crippen LogP contribution is -2.50.